The monoisotopic (exact) mass is 639 g/mol. The van der Waals surface area contributed by atoms with Crippen molar-refractivity contribution in [1.82, 2.24) is 4.72 Å². The van der Waals surface area contributed by atoms with Gasteiger partial charge in [0.25, 0.3) is 0 Å². The van der Waals surface area contributed by atoms with Crippen LogP contribution in [0.25, 0.3) is 11.1 Å². The van der Waals surface area contributed by atoms with Gasteiger partial charge in [0, 0.05) is 6.42 Å². The summed E-state index contributed by atoms with van der Waals surface area (Å²) < 4.78 is 202. The first-order chi connectivity index (χ1) is 18.4. The molecule has 20 heteroatoms. The van der Waals surface area contributed by atoms with Crippen molar-refractivity contribution in [2.24, 2.45) is 0 Å². The summed E-state index contributed by atoms with van der Waals surface area (Å²) in [6.07, 6.45) is -12.4. The second-order valence-electron chi connectivity index (χ2n) is 7.91. The quantitative estimate of drug-likeness (QED) is 0.273. The van der Waals surface area contributed by atoms with Crippen molar-refractivity contribution in [3.63, 3.8) is 0 Å². The van der Waals surface area contributed by atoms with Crippen molar-refractivity contribution in [3.05, 3.63) is 54.6 Å². The van der Waals surface area contributed by atoms with Crippen molar-refractivity contribution in [1.29, 1.82) is 0 Å². The lowest BCUT2D eigenvalue weighted by Gasteiger charge is -2.39. The number of hydrogen-bond donors (Lipinski definition) is 1. The minimum absolute atomic E-state index is 0.289. The molecule has 2 rings (SSSR count). The summed E-state index contributed by atoms with van der Waals surface area (Å²) in [4.78, 5) is 11.7. The van der Waals surface area contributed by atoms with Gasteiger partial charge in [-0.05, 0) is 23.3 Å². The zero-order valence-electron chi connectivity index (χ0n) is 19.5. The van der Waals surface area contributed by atoms with Crippen LogP contribution in [0.5, 0.6) is 5.75 Å². The largest absolute Gasteiger partial charge is 0.460 e. The van der Waals surface area contributed by atoms with Gasteiger partial charge < -0.3 is 4.74 Å². The Kier molecular flexibility index (Phi) is 9.25. The lowest BCUT2D eigenvalue weighted by molar-refractivity contribution is -0.440. The minimum atomic E-state index is -8.09. The average Bonchev–Trinajstić information content (AvgIpc) is 2.83. The van der Waals surface area contributed by atoms with Crippen molar-refractivity contribution < 1.29 is 79.2 Å². The molecule has 0 aliphatic heterocycles. The molecule has 0 radical (unpaired) electrons. The molecule has 1 amide bonds. The predicted octanol–water partition coefficient (Wildman–Crippen LogP) is 6.83. The molecule has 230 valence electrons. The Labute approximate surface area is 221 Å². The van der Waals surface area contributed by atoms with Crippen molar-refractivity contribution in [2.45, 2.75) is 42.2 Å². The summed E-state index contributed by atoms with van der Waals surface area (Å²) >= 11 is 0. The molecule has 0 spiro atoms. The van der Waals surface area contributed by atoms with E-state index < -0.39 is 65.2 Å². The summed E-state index contributed by atoms with van der Waals surface area (Å²) in [5.74, 6) is -38.5. The van der Waals surface area contributed by atoms with Crippen LogP contribution in [0.4, 0.5) is 61.9 Å². The Bertz CT molecular complexity index is 1320. The molecule has 2 aromatic rings. The van der Waals surface area contributed by atoms with Crippen LogP contribution in [0.15, 0.2) is 54.6 Å². The fourth-order valence-electron chi connectivity index (χ4n) is 2.84. The molecule has 0 saturated carbocycles. The SMILES string of the molecule is O=C(NS(=O)(=O)OCCC(F)(F)C(F)(F)C(F)(F)C(F)(F)C(F)(F)C(F)(F)F)Oc1ccc(-c2ccccc2)cc1. The lowest BCUT2D eigenvalue weighted by atomic mass is 9.93. The van der Waals surface area contributed by atoms with Crippen molar-refractivity contribution in [2.75, 3.05) is 6.61 Å². The molecule has 0 fully saturated rings. The van der Waals surface area contributed by atoms with E-state index in [9.17, 15) is 70.3 Å². The normalized spacial score (nSPS) is 14.1. The van der Waals surface area contributed by atoms with Gasteiger partial charge in [-0.3, -0.25) is 4.18 Å². The van der Waals surface area contributed by atoms with Crippen LogP contribution in [0.2, 0.25) is 0 Å². The summed E-state index contributed by atoms with van der Waals surface area (Å²) in [6.45, 7) is -2.28. The molecule has 6 nitrogen and oxygen atoms in total. The van der Waals surface area contributed by atoms with Crippen LogP contribution >= 0.6 is 0 Å². The van der Waals surface area contributed by atoms with Crippen LogP contribution in [-0.2, 0) is 14.5 Å². The maximum atomic E-state index is 13.7. The van der Waals surface area contributed by atoms with Gasteiger partial charge in [0.05, 0.1) is 6.61 Å². The van der Waals surface area contributed by atoms with Crippen LogP contribution in [0, 0.1) is 0 Å². The number of carbonyl (C=O) groups excluding carboxylic acids is 1. The third-order valence-corrected chi connectivity index (χ3v) is 5.93. The minimum Gasteiger partial charge on any atom is -0.410 e. The number of halogens is 13. The number of ether oxygens (including phenoxy) is 1. The molecule has 41 heavy (non-hydrogen) atoms. The van der Waals surface area contributed by atoms with E-state index in [1.54, 1.807) is 30.3 Å². The highest BCUT2D eigenvalue weighted by Gasteiger charge is 2.90. The molecule has 1 N–H and O–H groups in total. The standard InChI is InChI=1S/C21H14F13NO5S/c22-16(23,17(24,25)18(26,27)19(28,29)20(30,31)21(32,33)34)10-11-39-41(37,38)35-15(36)40-14-8-6-13(7-9-14)12-4-2-1-3-5-12/h1-9H,10-11H2,(H,35,36). The second-order valence-corrected chi connectivity index (χ2v) is 9.26. The highest BCUT2D eigenvalue weighted by atomic mass is 32.2. The molecule has 2 aromatic carbocycles. The molecule has 0 aliphatic carbocycles. The van der Waals surface area contributed by atoms with E-state index in [-0.39, 0.29) is 5.75 Å². The molecule has 0 atom stereocenters. The molecule has 0 bridgehead atoms. The Hall–Kier alpha value is -3.29. The number of alkyl halides is 13. The Balaban J connectivity index is 2.04. The molecular formula is C21H14F13NO5S. The van der Waals surface area contributed by atoms with Gasteiger partial charge in [-0.1, -0.05) is 42.5 Å². The van der Waals surface area contributed by atoms with E-state index in [1.807, 2.05) is 0 Å². The van der Waals surface area contributed by atoms with E-state index in [0.29, 0.717) is 5.56 Å². The van der Waals surface area contributed by atoms with E-state index in [1.165, 1.54) is 24.3 Å². The number of carbonyl (C=O) groups is 1. The van der Waals surface area contributed by atoms with Gasteiger partial charge in [-0.25, -0.2) is 4.79 Å². The van der Waals surface area contributed by atoms with E-state index in [0.717, 1.165) is 10.3 Å². The lowest BCUT2D eigenvalue weighted by Crippen LogP contribution is -2.70. The van der Waals surface area contributed by atoms with Gasteiger partial charge >= 0.3 is 52.2 Å². The number of amides is 1. The van der Waals surface area contributed by atoms with E-state index in [4.69, 9.17) is 0 Å². The molecule has 0 aromatic heterocycles. The summed E-state index contributed by atoms with van der Waals surface area (Å²) in [5.41, 5.74) is 1.36. The maximum Gasteiger partial charge on any atom is 0.460 e. The van der Waals surface area contributed by atoms with Crippen LogP contribution in [-0.4, -0.2) is 56.9 Å². The third-order valence-electron chi connectivity index (χ3n) is 5.03. The number of benzene rings is 2. The number of rotatable bonds is 11. The molecule has 0 aliphatic rings. The highest BCUT2D eigenvalue weighted by Crippen LogP contribution is 2.60. The van der Waals surface area contributed by atoms with Gasteiger partial charge in [-0.2, -0.15) is 70.2 Å². The summed E-state index contributed by atoms with van der Waals surface area (Å²) in [5, 5.41) is 0. The van der Waals surface area contributed by atoms with E-state index in [2.05, 4.69) is 8.92 Å². The number of nitrogens with one attached hydrogen (secondary N) is 1. The first-order valence-corrected chi connectivity index (χ1v) is 11.8. The van der Waals surface area contributed by atoms with Crippen molar-refractivity contribution in [3.8, 4) is 16.9 Å². The predicted molar refractivity (Wildman–Crippen MR) is 111 cm³/mol. The van der Waals surface area contributed by atoms with Gasteiger partial charge in [0.2, 0.25) is 0 Å². The van der Waals surface area contributed by atoms with Crippen molar-refractivity contribution >= 4 is 16.4 Å². The first-order valence-electron chi connectivity index (χ1n) is 10.4. The Morgan fingerprint density at radius 1 is 0.659 bits per heavy atom. The fourth-order valence-corrected chi connectivity index (χ4v) is 3.45. The first kappa shape index (κ1) is 33.9. The van der Waals surface area contributed by atoms with Crippen LogP contribution in [0.1, 0.15) is 6.42 Å². The van der Waals surface area contributed by atoms with Crippen LogP contribution in [0.3, 0.4) is 0 Å². The summed E-state index contributed by atoms with van der Waals surface area (Å²) in [7, 11) is -5.53. The zero-order chi connectivity index (χ0) is 31.7. The smallest absolute Gasteiger partial charge is 0.410 e. The number of hydrogen-bond acceptors (Lipinski definition) is 5. The molecule has 0 saturated heterocycles. The average molecular weight is 639 g/mol. The van der Waals surface area contributed by atoms with Gasteiger partial charge in [0.1, 0.15) is 5.75 Å². The van der Waals surface area contributed by atoms with Gasteiger partial charge in [-0.15, -0.1) is 0 Å². The molecule has 0 unspecified atom stereocenters. The van der Waals surface area contributed by atoms with Gasteiger partial charge in [0.15, 0.2) is 0 Å². The molecule has 0 heterocycles. The topological polar surface area (TPSA) is 81.7 Å². The van der Waals surface area contributed by atoms with Crippen LogP contribution < -0.4 is 9.46 Å². The summed E-state index contributed by atoms with van der Waals surface area (Å²) in [6, 6.07) is 13.8. The highest BCUT2D eigenvalue weighted by molar-refractivity contribution is 7.85. The Morgan fingerprint density at radius 2 is 1.12 bits per heavy atom. The molecular weight excluding hydrogens is 625 g/mol. The zero-order valence-corrected chi connectivity index (χ0v) is 20.3. The Morgan fingerprint density at radius 3 is 1.61 bits per heavy atom. The fraction of sp³-hybridized carbons (Fsp3) is 0.381. The maximum absolute atomic E-state index is 13.7. The van der Waals surface area contributed by atoms with E-state index >= 15 is 0 Å². The second kappa shape index (κ2) is 11.2. The third kappa shape index (κ3) is 6.79.